The molecule has 0 saturated carbocycles. The summed E-state index contributed by atoms with van der Waals surface area (Å²) in [5.74, 6) is -0.832. The lowest BCUT2D eigenvalue weighted by Crippen LogP contribution is -2.37. The van der Waals surface area contributed by atoms with Gasteiger partial charge in [0.2, 0.25) is 0 Å². The molecule has 0 radical (unpaired) electrons. The number of carbonyl (C=O) groups is 2. The minimum absolute atomic E-state index is 0.0219. The summed E-state index contributed by atoms with van der Waals surface area (Å²) in [5, 5.41) is 0. The van der Waals surface area contributed by atoms with Gasteiger partial charge in [0, 0.05) is 12.8 Å². The Balaban J connectivity index is 4.17. The van der Waals surface area contributed by atoms with E-state index in [9.17, 15) is 19.0 Å². The van der Waals surface area contributed by atoms with Gasteiger partial charge in [-0.2, -0.15) is 0 Å². The molecule has 10 heteroatoms. The van der Waals surface area contributed by atoms with Gasteiger partial charge in [-0.15, -0.1) is 0 Å². The fourth-order valence-corrected chi connectivity index (χ4v) is 7.49. The molecule has 0 saturated heterocycles. The van der Waals surface area contributed by atoms with Crippen LogP contribution in [0.3, 0.4) is 0 Å². The van der Waals surface area contributed by atoms with Crippen LogP contribution < -0.4 is 0 Å². The number of likely N-dealkylation sites (N-methyl/N-ethyl adjacent to an activating group) is 1. The maximum Gasteiger partial charge on any atom is 0.472 e. The number of phosphoric ester groups is 1. The Morgan fingerprint density at radius 1 is 0.457 bits per heavy atom. The van der Waals surface area contributed by atoms with E-state index in [2.05, 4.69) is 135 Å². The van der Waals surface area contributed by atoms with Gasteiger partial charge >= 0.3 is 19.8 Å². The number of ether oxygens (including phenoxy) is 2. The summed E-state index contributed by atoms with van der Waals surface area (Å²) in [4.78, 5) is 35.5. The van der Waals surface area contributed by atoms with E-state index in [0.29, 0.717) is 17.4 Å². The summed E-state index contributed by atoms with van der Waals surface area (Å²) in [6.07, 6.45) is 71.3. The molecule has 0 bridgehead atoms. The van der Waals surface area contributed by atoms with Gasteiger partial charge in [-0.3, -0.25) is 18.6 Å². The molecule has 2 unspecified atom stereocenters. The van der Waals surface area contributed by atoms with Crippen molar-refractivity contribution in [3.8, 4) is 0 Å². The maximum absolute atomic E-state index is 12.8. The second-order valence-electron chi connectivity index (χ2n) is 18.9. The van der Waals surface area contributed by atoms with Crippen LogP contribution in [0.15, 0.2) is 122 Å². The van der Waals surface area contributed by atoms with Crippen LogP contribution in [0.4, 0.5) is 0 Å². The zero-order valence-electron chi connectivity index (χ0n) is 45.0. The molecule has 0 fully saturated rings. The normalized spacial score (nSPS) is 14.3. The van der Waals surface area contributed by atoms with E-state index >= 15 is 0 Å². The lowest BCUT2D eigenvalue weighted by atomic mass is 10.1. The van der Waals surface area contributed by atoms with Crippen molar-refractivity contribution in [2.45, 2.75) is 200 Å². The SMILES string of the molecule is CC/C=C\C/C=C\C/C=C\C/C=C\C/C=C\C/C=C\C/C=C\C/C=C\C/C=C\CCCCCCCCCC(=O)OC(COC(=O)CCCCCCC/C=C\CCCC)COP(=O)(O)OCC[N+](C)(C)C. The van der Waals surface area contributed by atoms with Crippen LogP contribution >= 0.6 is 7.82 Å². The number of carbonyl (C=O) groups excluding carboxylic acids is 2. The van der Waals surface area contributed by atoms with Gasteiger partial charge in [0.05, 0.1) is 27.7 Å². The Hall–Kier alpha value is -3.59. The third kappa shape index (κ3) is 53.8. The number of allylic oxidation sites excluding steroid dienone is 20. The molecule has 0 aliphatic heterocycles. The Bertz CT molecular complexity index is 1590. The fourth-order valence-electron chi connectivity index (χ4n) is 6.75. The van der Waals surface area contributed by atoms with Crippen molar-refractivity contribution in [3.63, 3.8) is 0 Å². The number of nitrogens with zero attached hydrogens (tertiary/aromatic N) is 1. The quantitative estimate of drug-likeness (QED) is 0.0211. The van der Waals surface area contributed by atoms with Crippen molar-refractivity contribution in [3.05, 3.63) is 122 Å². The summed E-state index contributed by atoms with van der Waals surface area (Å²) in [6.45, 7) is 4.22. The molecule has 70 heavy (non-hydrogen) atoms. The Kier molecular flexibility index (Phi) is 47.8. The molecule has 0 aromatic rings. The first kappa shape index (κ1) is 66.4. The van der Waals surface area contributed by atoms with Crippen molar-refractivity contribution in [1.82, 2.24) is 0 Å². The minimum atomic E-state index is -4.39. The van der Waals surface area contributed by atoms with Gasteiger partial charge in [-0.05, 0) is 103 Å². The van der Waals surface area contributed by atoms with Crippen LogP contribution in [0.25, 0.3) is 0 Å². The van der Waals surface area contributed by atoms with Crippen molar-refractivity contribution in [2.75, 3.05) is 47.5 Å². The lowest BCUT2D eigenvalue weighted by molar-refractivity contribution is -0.870. The van der Waals surface area contributed by atoms with Crippen LogP contribution in [0.2, 0.25) is 0 Å². The van der Waals surface area contributed by atoms with Crippen LogP contribution in [-0.4, -0.2) is 74.9 Å². The maximum atomic E-state index is 12.8. The summed E-state index contributed by atoms with van der Waals surface area (Å²) in [7, 11) is 1.45. The summed E-state index contributed by atoms with van der Waals surface area (Å²) in [5.41, 5.74) is 0. The number of esters is 2. The smallest absolute Gasteiger partial charge is 0.462 e. The first-order valence-electron chi connectivity index (χ1n) is 27.3. The van der Waals surface area contributed by atoms with E-state index in [1.165, 1.54) is 32.1 Å². The van der Waals surface area contributed by atoms with E-state index in [1.54, 1.807) is 0 Å². The van der Waals surface area contributed by atoms with Gasteiger partial charge in [0.1, 0.15) is 19.8 Å². The minimum Gasteiger partial charge on any atom is -0.462 e. The van der Waals surface area contributed by atoms with Crippen LogP contribution in [0.5, 0.6) is 0 Å². The Morgan fingerprint density at radius 3 is 1.23 bits per heavy atom. The molecule has 0 aliphatic rings. The van der Waals surface area contributed by atoms with E-state index in [1.807, 2.05) is 21.1 Å². The molecule has 0 rings (SSSR count). The van der Waals surface area contributed by atoms with Gasteiger partial charge in [-0.1, -0.05) is 200 Å². The molecule has 9 nitrogen and oxygen atoms in total. The molecule has 0 amide bonds. The lowest BCUT2D eigenvalue weighted by Gasteiger charge is -2.24. The second-order valence-corrected chi connectivity index (χ2v) is 20.3. The summed E-state index contributed by atoms with van der Waals surface area (Å²) >= 11 is 0. The molecular formula is C60H101NO8P+. The first-order chi connectivity index (χ1) is 34.0. The Morgan fingerprint density at radius 2 is 0.814 bits per heavy atom. The fraction of sp³-hybridized carbons (Fsp3) is 0.633. The molecule has 2 atom stereocenters. The number of unbranched alkanes of at least 4 members (excludes halogenated alkanes) is 14. The summed E-state index contributed by atoms with van der Waals surface area (Å²) < 4.78 is 34.4. The average Bonchev–Trinajstić information content (AvgIpc) is 3.32. The third-order valence-corrected chi connectivity index (χ3v) is 12.0. The van der Waals surface area contributed by atoms with E-state index in [4.69, 9.17) is 18.5 Å². The first-order valence-corrected chi connectivity index (χ1v) is 28.8. The highest BCUT2D eigenvalue weighted by Gasteiger charge is 2.27. The predicted octanol–water partition coefficient (Wildman–Crippen LogP) is 16.8. The van der Waals surface area contributed by atoms with Crippen molar-refractivity contribution in [2.24, 2.45) is 0 Å². The van der Waals surface area contributed by atoms with Gasteiger partial charge in [0.25, 0.3) is 0 Å². The van der Waals surface area contributed by atoms with Gasteiger partial charge < -0.3 is 18.9 Å². The standard InChI is InChI=1S/C60H100NO8P/c1-6-8-10-12-14-16-18-19-20-21-22-23-24-25-26-27-28-29-30-31-32-33-34-35-36-37-38-39-40-41-43-45-47-49-51-53-60(63)69-58(57-68-70(64,65)67-55-54-61(3,4)5)56-66-59(62)52-50-48-46-44-42-17-15-13-11-9-7-2/h8,10,13-16,19-20,22-23,25-26,28-29,31-32,34-35,37-38,58H,6-7,9,11-12,17-18,21,24,27,30,33,36,39-57H2,1-5H3/p+1/b10-8-,15-13-,16-14-,20-19-,23-22-,26-25-,29-28-,32-31-,35-34-,38-37-. The topological polar surface area (TPSA) is 108 Å². The molecule has 0 spiro atoms. The van der Waals surface area contributed by atoms with Crippen LogP contribution in [-0.2, 0) is 32.7 Å². The molecule has 0 heterocycles. The molecule has 0 aromatic heterocycles. The molecule has 0 aliphatic carbocycles. The Labute approximate surface area is 428 Å². The molecule has 0 aromatic carbocycles. The van der Waals surface area contributed by atoms with E-state index < -0.39 is 26.5 Å². The third-order valence-electron chi connectivity index (χ3n) is 11.0. The zero-order chi connectivity index (χ0) is 51.3. The highest BCUT2D eigenvalue weighted by Crippen LogP contribution is 2.43. The van der Waals surface area contributed by atoms with E-state index in [-0.39, 0.29) is 32.0 Å². The number of hydrogen-bond acceptors (Lipinski definition) is 7. The average molecular weight is 995 g/mol. The van der Waals surface area contributed by atoms with Crippen LogP contribution in [0, 0.1) is 0 Å². The van der Waals surface area contributed by atoms with Crippen LogP contribution in [0.1, 0.15) is 194 Å². The number of hydrogen-bond donors (Lipinski definition) is 1. The molecular weight excluding hydrogens is 894 g/mol. The van der Waals surface area contributed by atoms with Crippen molar-refractivity contribution < 1.29 is 42.1 Å². The van der Waals surface area contributed by atoms with Gasteiger partial charge in [0.15, 0.2) is 6.10 Å². The largest absolute Gasteiger partial charge is 0.472 e. The molecule has 1 N–H and O–H groups in total. The monoisotopic (exact) mass is 995 g/mol. The highest BCUT2D eigenvalue weighted by molar-refractivity contribution is 7.47. The van der Waals surface area contributed by atoms with E-state index in [0.717, 1.165) is 128 Å². The summed E-state index contributed by atoms with van der Waals surface area (Å²) in [6, 6.07) is 0. The zero-order valence-corrected chi connectivity index (χ0v) is 45.8. The van der Waals surface area contributed by atoms with Crippen molar-refractivity contribution in [1.29, 1.82) is 0 Å². The second kappa shape index (κ2) is 50.4. The number of rotatable bonds is 48. The van der Waals surface area contributed by atoms with Crippen molar-refractivity contribution >= 4 is 19.8 Å². The predicted molar refractivity (Wildman–Crippen MR) is 297 cm³/mol. The number of phosphoric acid groups is 1. The highest BCUT2D eigenvalue weighted by atomic mass is 31.2. The molecule has 398 valence electrons. The number of quaternary nitrogens is 1. The van der Waals surface area contributed by atoms with Gasteiger partial charge in [-0.25, -0.2) is 4.57 Å².